The van der Waals surface area contributed by atoms with E-state index in [2.05, 4.69) is 5.32 Å². The fourth-order valence-electron chi connectivity index (χ4n) is 1.79. The van der Waals surface area contributed by atoms with Gasteiger partial charge in [0.05, 0.1) is 16.4 Å². The molecule has 4 nitrogen and oxygen atoms in total. The van der Waals surface area contributed by atoms with Gasteiger partial charge in [-0.1, -0.05) is 29.8 Å². The summed E-state index contributed by atoms with van der Waals surface area (Å²) in [5, 5.41) is 3.21. The largest absolute Gasteiger partial charge is 0.479 e. The van der Waals surface area contributed by atoms with Gasteiger partial charge in [-0.05, 0) is 43.7 Å². The molecule has 110 valence electrons. The molecular formula is C16H17ClN2O2. The summed E-state index contributed by atoms with van der Waals surface area (Å²) in [5.74, 6) is 0.190. The number of amides is 1. The summed E-state index contributed by atoms with van der Waals surface area (Å²) < 4.78 is 5.59. The number of hydrogen-bond acceptors (Lipinski definition) is 3. The van der Waals surface area contributed by atoms with Crippen LogP contribution in [0, 0.1) is 6.92 Å². The monoisotopic (exact) mass is 304 g/mol. The second-order valence-corrected chi connectivity index (χ2v) is 5.18. The first kappa shape index (κ1) is 15.2. The topological polar surface area (TPSA) is 64.3 Å². The average Bonchev–Trinajstić information content (AvgIpc) is 2.44. The van der Waals surface area contributed by atoms with Gasteiger partial charge in [0.15, 0.2) is 6.10 Å². The van der Waals surface area contributed by atoms with E-state index in [9.17, 15) is 4.79 Å². The SMILES string of the molecule is Cc1ccc(OC(C)C(=O)Nc2ccccc2N)c(Cl)c1. The highest BCUT2D eigenvalue weighted by Gasteiger charge is 2.17. The molecule has 1 unspecified atom stereocenters. The van der Waals surface area contributed by atoms with Gasteiger partial charge in [-0.3, -0.25) is 4.79 Å². The van der Waals surface area contributed by atoms with Crippen molar-refractivity contribution in [2.45, 2.75) is 20.0 Å². The Labute approximate surface area is 128 Å². The van der Waals surface area contributed by atoms with Crippen LogP contribution in [0.5, 0.6) is 5.75 Å². The van der Waals surface area contributed by atoms with Crippen LogP contribution in [0.2, 0.25) is 5.02 Å². The molecule has 0 saturated heterocycles. The van der Waals surface area contributed by atoms with Crippen LogP contribution < -0.4 is 15.8 Å². The first-order chi connectivity index (χ1) is 9.97. The molecule has 0 aliphatic rings. The predicted octanol–water partition coefficient (Wildman–Crippen LogP) is 3.64. The van der Waals surface area contributed by atoms with Crippen molar-refractivity contribution < 1.29 is 9.53 Å². The van der Waals surface area contributed by atoms with Crippen LogP contribution >= 0.6 is 11.6 Å². The van der Waals surface area contributed by atoms with E-state index >= 15 is 0 Å². The number of para-hydroxylation sites is 2. The van der Waals surface area contributed by atoms with E-state index in [4.69, 9.17) is 22.1 Å². The average molecular weight is 305 g/mol. The summed E-state index contributed by atoms with van der Waals surface area (Å²) >= 11 is 6.09. The summed E-state index contributed by atoms with van der Waals surface area (Å²) in [6.45, 7) is 3.59. The highest BCUT2D eigenvalue weighted by molar-refractivity contribution is 6.32. The molecule has 2 aromatic carbocycles. The first-order valence-corrected chi connectivity index (χ1v) is 6.93. The zero-order valence-corrected chi connectivity index (χ0v) is 12.6. The quantitative estimate of drug-likeness (QED) is 0.848. The molecule has 0 aliphatic carbocycles. The van der Waals surface area contributed by atoms with Gasteiger partial charge in [-0.25, -0.2) is 0 Å². The molecule has 0 aliphatic heterocycles. The summed E-state index contributed by atoms with van der Waals surface area (Å²) in [6.07, 6.45) is -0.690. The number of carbonyl (C=O) groups is 1. The normalized spacial score (nSPS) is 11.8. The van der Waals surface area contributed by atoms with Crippen LogP contribution in [-0.4, -0.2) is 12.0 Å². The standard InChI is InChI=1S/C16H17ClN2O2/c1-10-7-8-15(12(17)9-10)21-11(2)16(20)19-14-6-4-3-5-13(14)18/h3-9,11H,18H2,1-2H3,(H,19,20). The van der Waals surface area contributed by atoms with E-state index in [-0.39, 0.29) is 5.91 Å². The van der Waals surface area contributed by atoms with Gasteiger partial charge in [-0.15, -0.1) is 0 Å². The summed E-state index contributed by atoms with van der Waals surface area (Å²) in [4.78, 5) is 12.1. The van der Waals surface area contributed by atoms with Gasteiger partial charge in [0.25, 0.3) is 5.91 Å². The van der Waals surface area contributed by atoms with E-state index < -0.39 is 6.10 Å². The number of nitrogen functional groups attached to an aromatic ring is 1. The van der Waals surface area contributed by atoms with Crippen molar-refractivity contribution in [2.24, 2.45) is 0 Å². The fraction of sp³-hybridized carbons (Fsp3) is 0.188. The van der Waals surface area contributed by atoms with Crippen molar-refractivity contribution in [3.8, 4) is 5.75 Å². The molecule has 0 saturated carbocycles. The van der Waals surface area contributed by atoms with Crippen molar-refractivity contribution in [1.29, 1.82) is 0 Å². The van der Waals surface area contributed by atoms with Gasteiger partial charge in [-0.2, -0.15) is 0 Å². The molecule has 0 fully saturated rings. The fourth-order valence-corrected chi connectivity index (χ4v) is 2.07. The number of anilines is 2. The molecule has 5 heteroatoms. The van der Waals surface area contributed by atoms with Crippen molar-refractivity contribution in [2.75, 3.05) is 11.1 Å². The van der Waals surface area contributed by atoms with E-state index in [1.54, 1.807) is 43.3 Å². The van der Waals surface area contributed by atoms with Crippen molar-refractivity contribution in [3.63, 3.8) is 0 Å². The second-order valence-electron chi connectivity index (χ2n) is 4.77. The van der Waals surface area contributed by atoms with Gasteiger partial charge < -0.3 is 15.8 Å². The molecule has 0 heterocycles. The molecular weight excluding hydrogens is 288 g/mol. The van der Waals surface area contributed by atoms with E-state index in [1.807, 2.05) is 13.0 Å². The summed E-state index contributed by atoms with van der Waals surface area (Å²) in [7, 11) is 0. The Kier molecular flexibility index (Phi) is 4.70. The Morgan fingerprint density at radius 2 is 2.00 bits per heavy atom. The van der Waals surface area contributed by atoms with Crippen molar-refractivity contribution >= 4 is 28.9 Å². The number of ether oxygens (including phenoxy) is 1. The molecule has 1 atom stereocenters. The Morgan fingerprint density at radius 3 is 2.67 bits per heavy atom. The molecule has 3 N–H and O–H groups in total. The number of benzene rings is 2. The number of nitrogens with two attached hydrogens (primary N) is 1. The van der Waals surface area contributed by atoms with Gasteiger partial charge >= 0.3 is 0 Å². The lowest BCUT2D eigenvalue weighted by Gasteiger charge is -2.16. The maximum Gasteiger partial charge on any atom is 0.265 e. The molecule has 1 amide bonds. The summed E-state index contributed by atoms with van der Waals surface area (Å²) in [5.41, 5.74) is 7.88. The maximum atomic E-state index is 12.1. The Hall–Kier alpha value is -2.20. The Bertz CT molecular complexity index is 658. The van der Waals surface area contributed by atoms with Gasteiger partial charge in [0.2, 0.25) is 0 Å². The Morgan fingerprint density at radius 1 is 1.29 bits per heavy atom. The molecule has 0 radical (unpaired) electrons. The van der Waals surface area contributed by atoms with Gasteiger partial charge in [0.1, 0.15) is 5.75 Å². The van der Waals surface area contributed by atoms with E-state index in [0.29, 0.717) is 22.1 Å². The number of carbonyl (C=O) groups excluding carboxylic acids is 1. The van der Waals surface area contributed by atoms with Crippen LogP contribution in [0.3, 0.4) is 0 Å². The first-order valence-electron chi connectivity index (χ1n) is 6.55. The second kappa shape index (κ2) is 6.50. The maximum absolute atomic E-state index is 12.1. The minimum absolute atomic E-state index is 0.287. The zero-order valence-electron chi connectivity index (χ0n) is 11.9. The minimum atomic E-state index is -0.690. The van der Waals surface area contributed by atoms with Crippen LogP contribution in [0.4, 0.5) is 11.4 Å². The molecule has 21 heavy (non-hydrogen) atoms. The van der Waals surface area contributed by atoms with Crippen LogP contribution in [0.25, 0.3) is 0 Å². The van der Waals surface area contributed by atoms with E-state index in [0.717, 1.165) is 5.56 Å². The van der Waals surface area contributed by atoms with Crippen LogP contribution in [0.15, 0.2) is 42.5 Å². The van der Waals surface area contributed by atoms with Crippen LogP contribution in [0.1, 0.15) is 12.5 Å². The number of aryl methyl sites for hydroxylation is 1. The highest BCUT2D eigenvalue weighted by Crippen LogP contribution is 2.26. The van der Waals surface area contributed by atoms with Gasteiger partial charge in [0, 0.05) is 0 Å². The van der Waals surface area contributed by atoms with Crippen molar-refractivity contribution in [1.82, 2.24) is 0 Å². The van der Waals surface area contributed by atoms with E-state index in [1.165, 1.54) is 0 Å². The molecule has 0 bridgehead atoms. The molecule has 0 spiro atoms. The minimum Gasteiger partial charge on any atom is -0.479 e. The lowest BCUT2D eigenvalue weighted by Crippen LogP contribution is -2.30. The number of hydrogen-bond donors (Lipinski definition) is 2. The lowest BCUT2D eigenvalue weighted by atomic mass is 10.2. The molecule has 2 aromatic rings. The third-order valence-electron chi connectivity index (χ3n) is 2.98. The number of nitrogens with one attached hydrogen (secondary N) is 1. The molecule has 0 aromatic heterocycles. The highest BCUT2D eigenvalue weighted by atomic mass is 35.5. The summed E-state index contributed by atoms with van der Waals surface area (Å²) in [6, 6.07) is 12.5. The Balaban J connectivity index is 2.04. The molecule has 2 rings (SSSR count). The van der Waals surface area contributed by atoms with Crippen molar-refractivity contribution in [3.05, 3.63) is 53.1 Å². The smallest absolute Gasteiger partial charge is 0.265 e. The number of halogens is 1. The van der Waals surface area contributed by atoms with Crippen LogP contribution in [-0.2, 0) is 4.79 Å². The third kappa shape index (κ3) is 3.89. The lowest BCUT2D eigenvalue weighted by molar-refractivity contribution is -0.122. The zero-order chi connectivity index (χ0) is 15.4. The number of rotatable bonds is 4. The predicted molar refractivity (Wildman–Crippen MR) is 85.8 cm³/mol. The third-order valence-corrected chi connectivity index (χ3v) is 3.27.